The predicted molar refractivity (Wildman–Crippen MR) is 57.6 cm³/mol. The summed E-state index contributed by atoms with van der Waals surface area (Å²) < 4.78 is 4.91. The van der Waals surface area contributed by atoms with E-state index in [1.807, 2.05) is 0 Å². The van der Waals surface area contributed by atoms with E-state index in [1.165, 1.54) is 19.2 Å². The number of ether oxygens (including phenoxy) is 1. The van der Waals surface area contributed by atoms with Crippen molar-refractivity contribution in [3.05, 3.63) is 23.3 Å². The molecule has 4 nitrogen and oxygen atoms in total. The summed E-state index contributed by atoms with van der Waals surface area (Å²) in [6.07, 6.45) is -0.0417. The van der Waals surface area contributed by atoms with E-state index >= 15 is 0 Å². The van der Waals surface area contributed by atoms with Gasteiger partial charge in [-0.1, -0.05) is 0 Å². The summed E-state index contributed by atoms with van der Waals surface area (Å²) in [6.45, 7) is 0. The van der Waals surface area contributed by atoms with Gasteiger partial charge >= 0.3 is 0 Å². The fourth-order valence-electron chi connectivity index (χ4n) is 1.72. The van der Waals surface area contributed by atoms with Crippen molar-refractivity contribution >= 4 is 23.2 Å². The SMILES string of the molecule is COc1cc(O)c2c(c1)C(=O)CC(Cl)C2=O. The monoisotopic (exact) mass is 240 g/mol. The minimum Gasteiger partial charge on any atom is -0.507 e. The van der Waals surface area contributed by atoms with Crippen LogP contribution in [0.1, 0.15) is 27.1 Å². The molecule has 1 aliphatic carbocycles. The van der Waals surface area contributed by atoms with Crippen LogP contribution in [0.25, 0.3) is 0 Å². The molecule has 16 heavy (non-hydrogen) atoms. The lowest BCUT2D eigenvalue weighted by Gasteiger charge is -2.19. The number of rotatable bonds is 1. The topological polar surface area (TPSA) is 63.6 Å². The van der Waals surface area contributed by atoms with Crippen LogP contribution in [0.4, 0.5) is 0 Å². The van der Waals surface area contributed by atoms with Crippen molar-refractivity contribution in [2.45, 2.75) is 11.8 Å². The number of ketones is 2. The van der Waals surface area contributed by atoms with Gasteiger partial charge in [-0.15, -0.1) is 11.6 Å². The first-order valence-electron chi connectivity index (χ1n) is 4.67. The Labute approximate surface area is 96.8 Å². The number of aromatic hydroxyl groups is 1. The van der Waals surface area contributed by atoms with Gasteiger partial charge in [0.05, 0.1) is 12.7 Å². The zero-order chi connectivity index (χ0) is 11.9. The summed E-state index contributed by atoms with van der Waals surface area (Å²) in [5.41, 5.74) is 0.177. The molecule has 0 fully saturated rings. The molecule has 2 rings (SSSR count). The number of fused-ring (bicyclic) bond motifs is 1. The molecule has 0 saturated heterocycles. The van der Waals surface area contributed by atoms with E-state index in [0.29, 0.717) is 5.75 Å². The average Bonchev–Trinajstić information content (AvgIpc) is 2.25. The van der Waals surface area contributed by atoms with E-state index in [1.54, 1.807) is 0 Å². The van der Waals surface area contributed by atoms with Gasteiger partial charge in [-0.2, -0.15) is 0 Å². The zero-order valence-corrected chi connectivity index (χ0v) is 9.25. The van der Waals surface area contributed by atoms with Gasteiger partial charge < -0.3 is 9.84 Å². The number of alkyl halides is 1. The van der Waals surface area contributed by atoms with Gasteiger partial charge in [0.2, 0.25) is 0 Å². The molecule has 1 aromatic carbocycles. The summed E-state index contributed by atoms with van der Waals surface area (Å²) in [4.78, 5) is 23.4. The lowest BCUT2D eigenvalue weighted by Crippen LogP contribution is -2.27. The van der Waals surface area contributed by atoms with Crippen molar-refractivity contribution < 1.29 is 19.4 Å². The van der Waals surface area contributed by atoms with Crippen molar-refractivity contribution in [2.75, 3.05) is 7.11 Å². The first-order chi connectivity index (χ1) is 7.54. The molecule has 0 spiro atoms. The molecule has 1 aromatic rings. The standard InChI is InChI=1S/C11H9ClO4/c1-16-5-2-6-8(13)4-7(12)11(15)10(6)9(14)3-5/h2-3,7,14H,4H2,1H3. The van der Waals surface area contributed by atoms with Crippen LogP contribution in [0.2, 0.25) is 0 Å². The summed E-state index contributed by atoms with van der Waals surface area (Å²) in [5, 5.41) is 8.77. The second kappa shape index (κ2) is 3.79. The maximum atomic E-state index is 11.7. The fraction of sp³-hybridized carbons (Fsp3) is 0.273. The van der Waals surface area contributed by atoms with Crippen LogP contribution in [-0.2, 0) is 0 Å². The fourth-order valence-corrected chi connectivity index (χ4v) is 1.97. The van der Waals surface area contributed by atoms with Crippen molar-refractivity contribution in [3.63, 3.8) is 0 Å². The molecule has 1 aliphatic rings. The highest BCUT2D eigenvalue weighted by Crippen LogP contribution is 2.34. The van der Waals surface area contributed by atoms with Gasteiger partial charge in [0.15, 0.2) is 11.6 Å². The van der Waals surface area contributed by atoms with Crippen molar-refractivity contribution in [3.8, 4) is 11.5 Å². The predicted octanol–water partition coefficient (Wildman–Crippen LogP) is 1.78. The molecule has 0 radical (unpaired) electrons. The van der Waals surface area contributed by atoms with Crippen LogP contribution in [-0.4, -0.2) is 29.2 Å². The van der Waals surface area contributed by atoms with Crippen LogP contribution in [0.5, 0.6) is 11.5 Å². The maximum Gasteiger partial charge on any atom is 0.185 e. The zero-order valence-electron chi connectivity index (χ0n) is 8.49. The molecule has 0 amide bonds. The van der Waals surface area contributed by atoms with E-state index in [-0.39, 0.29) is 29.1 Å². The summed E-state index contributed by atoms with van der Waals surface area (Å²) >= 11 is 5.72. The van der Waals surface area contributed by atoms with Crippen LogP contribution in [0, 0.1) is 0 Å². The molecule has 1 unspecified atom stereocenters. The second-order valence-electron chi connectivity index (χ2n) is 3.53. The molecule has 0 aliphatic heterocycles. The average molecular weight is 241 g/mol. The van der Waals surface area contributed by atoms with Crippen LogP contribution < -0.4 is 4.74 Å². The molecule has 0 aromatic heterocycles. The van der Waals surface area contributed by atoms with E-state index in [0.717, 1.165) is 0 Å². The first-order valence-corrected chi connectivity index (χ1v) is 5.10. The minimum atomic E-state index is -0.890. The van der Waals surface area contributed by atoms with Crippen LogP contribution in [0.3, 0.4) is 0 Å². The molecule has 1 N–H and O–H groups in total. The van der Waals surface area contributed by atoms with Crippen molar-refractivity contribution in [1.82, 2.24) is 0 Å². The Balaban J connectivity index is 2.66. The number of phenolic OH excluding ortho intramolecular Hbond substituents is 1. The minimum absolute atomic E-state index is 0.00273. The number of benzene rings is 1. The number of carbonyl (C=O) groups is 2. The lowest BCUT2D eigenvalue weighted by atomic mass is 9.88. The molecule has 0 heterocycles. The third-order valence-electron chi connectivity index (χ3n) is 2.52. The summed E-state index contributed by atoms with van der Waals surface area (Å²) in [7, 11) is 1.42. The Morgan fingerprint density at radius 1 is 1.44 bits per heavy atom. The summed E-state index contributed by atoms with van der Waals surface area (Å²) in [6, 6.07) is 2.73. The lowest BCUT2D eigenvalue weighted by molar-refractivity contribution is 0.0892. The molecule has 0 saturated carbocycles. The van der Waals surface area contributed by atoms with E-state index in [4.69, 9.17) is 16.3 Å². The largest absolute Gasteiger partial charge is 0.507 e. The molecule has 5 heteroatoms. The number of Topliss-reactive ketones (excluding diaryl/α,β-unsaturated/α-hetero) is 2. The van der Waals surface area contributed by atoms with E-state index in [2.05, 4.69) is 0 Å². The second-order valence-corrected chi connectivity index (χ2v) is 4.05. The number of methoxy groups -OCH3 is 1. The number of hydrogen-bond acceptors (Lipinski definition) is 4. The van der Waals surface area contributed by atoms with E-state index < -0.39 is 11.2 Å². The number of hydrogen-bond donors (Lipinski definition) is 1. The molecule has 1 atom stereocenters. The molecular weight excluding hydrogens is 232 g/mol. The van der Waals surface area contributed by atoms with E-state index in [9.17, 15) is 14.7 Å². The van der Waals surface area contributed by atoms with Gasteiger partial charge in [-0.3, -0.25) is 9.59 Å². The van der Waals surface area contributed by atoms with Gasteiger partial charge in [-0.25, -0.2) is 0 Å². The Kier molecular flexibility index (Phi) is 2.59. The normalized spacial score (nSPS) is 19.5. The van der Waals surface area contributed by atoms with Gasteiger partial charge in [0.1, 0.15) is 16.9 Å². The highest BCUT2D eigenvalue weighted by molar-refractivity contribution is 6.38. The van der Waals surface area contributed by atoms with Crippen molar-refractivity contribution in [1.29, 1.82) is 0 Å². The number of halogens is 1. The quantitative estimate of drug-likeness (QED) is 0.760. The van der Waals surface area contributed by atoms with Crippen molar-refractivity contribution in [2.24, 2.45) is 0 Å². The van der Waals surface area contributed by atoms with Gasteiger partial charge in [0, 0.05) is 18.1 Å². The Morgan fingerprint density at radius 2 is 2.12 bits per heavy atom. The molecular formula is C11H9ClO4. The highest BCUT2D eigenvalue weighted by atomic mass is 35.5. The highest BCUT2D eigenvalue weighted by Gasteiger charge is 2.34. The molecule has 0 bridgehead atoms. The third-order valence-corrected chi connectivity index (χ3v) is 2.88. The van der Waals surface area contributed by atoms with Gasteiger partial charge in [-0.05, 0) is 6.07 Å². The molecule has 84 valence electrons. The summed E-state index contributed by atoms with van der Waals surface area (Å²) in [5.74, 6) is -0.608. The first kappa shape index (κ1) is 11.0. The number of carbonyl (C=O) groups excluding carboxylic acids is 2. The maximum absolute atomic E-state index is 11.7. The number of phenols is 1. The van der Waals surface area contributed by atoms with Gasteiger partial charge in [0.25, 0.3) is 0 Å². The third kappa shape index (κ3) is 1.55. The Bertz CT molecular complexity index is 481. The van der Waals surface area contributed by atoms with Crippen LogP contribution >= 0.6 is 11.6 Å². The van der Waals surface area contributed by atoms with Crippen LogP contribution in [0.15, 0.2) is 12.1 Å². The Morgan fingerprint density at radius 3 is 2.75 bits per heavy atom. The smallest absolute Gasteiger partial charge is 0.185 e. The Hall–Kier alpha value is -1.55.